The lowest BCUT2D eigenvalue weighted by molar-refractivity contribution is -0.119. The van der Waals surface area contributed by atoms with E-state index < -0.39 is 0 Å². The van der Waals surface area contributed by atoms with E-state index >= 15 is 0 Å². The number of likely N-dealkylation sites (N-methyl/N-ethyl adjacent to an activating group) is 1. The smallest absolute Gasteiger partial charge is 0.298 e. The van der Waals surface area contributed by atoms with Gasteiger partial charge in [0.25, 0.3) is 5.91 Å². The molecule has 7 heteroatoms. The molecule has 3 rings (SSSR count). The first-order valence-electron chi connectivity index (χ1n) is 9.40. The second-order valence-corrected chi connectivity index (χ2v) is 7.62. The highest BCUT2D eigenvalue weighted by Gasteiger charge is 2.26. The van der Waals surface area contributed by atoms with Crippen molar-refractivity contribution in [1.82, 2.24) is 9.88 Å². The van der Waals surface area contributed by atoms with Crippen molar-refractivity contribution in [3.63, 3.8) is 0 Å². The Kier molecular flexibility index (Phi) is 6.34. The highest BCUT2D eigenvalue weighted by Crippen LogP contribution is 2.32. The number of thiazole rings is 1. The van der Waals surface area contributed by atoms with Gasteiger partial charge in [0, 0.05) is 13.1 Å². The summed E-state index contributed by atoms with van der Waals surface area (Å²) in [5, 5.41) is 0.700. The molecule has 1 aromatic carbocycles. The predicted octanol–water partition coefficient (Wildman–Crippen LogP) is 3.48. The largest absolute Gasteiger partial charge is 0.494 e. The number of ether oxygens (including phenoxy) is 2. The lowest BCUT2D eigenvalue weighted by Gasteiger charge is -2.26. The first-order valence-corrected chi connectivity index (χ1v) is 10.2. The van der Waals surface area contributed by atoms with Crippen molar-refractivity contribution >= 4 is 32.6 Å². The molecule has 0 radical (unpaired) electrons. The number of carbonyl (C=O) groups is 1. The zero-order valence-corrected chi connectivity index (χ0v) is 17.3. The molecule has 1 aliphatic heterocycles. The van der Waals surface area contributed by atoms with Crippen LogP contribution in [0.25, 0.3) is 10.2 Å². The van der Waals surface area contributed by atoms with Crippen LogP contribution in [-0.2, 0) is 14.3 Å². The summed E-state index contributed by atoms with van der Waals surface area (Å²) in [4.78, 5) is 21.9. The van der Waals surface area contributed by atoms with Gasteiger partial charge in [-0.3, -0.25) is 9.69 Å². The molecular formula is C20H27N3O3S. The van der Waals surface area contributed by atoms with Gasteiger partial charge in [-0.15, -0.1) is 0 Å². The number of hydrogen-bond donors (Lipinski definition) is 0. The lowest BCUT2D eigenvalue weighted by Crippen LogP contribution is -2.40. The minimum absolute atomic E-state index is 0.199. The van der Waals surface area contributed by atoms with Gasteiger partial charge in [0.2, 0.25) is 5.76 Å². The number of hydrogen-bond acceptors (Lipinski definition) is 6. The van der Waals surface area contributed by atoms with Crippen molar-refractivity contribution < 1.29 is 14.3 Å². The summed E-state index contributed by atoms with van der Waals surface area (Å²) < 4.78 is 11.9. The normalized spacial score (nSPS) is 14.0. The molecule has 1 amide bonds. The maximum atomic E-state index is 13.1. The molecule has 0 bridgehead atoms. The number of nitrogens with zero attached hydrogens (tertiary/aromatic N) is 3. The highest BCUT2D eigenvalue weighted by molar-refractivity contribution is 7.22. The molecule has 27 heavy (non-hydrogen) atoms. The Hall–Kier alpha value is -2.12. The van der Waals surface area contributed by atoms with Crippen LogP contribution in [0.3, 0.4) is 0 Å². The molecule has 6 nitrogen and oxygen atoms in total. The first-order chi connectivity index (χ1) is 13.0. The summed E-state index contributed by atoms with van der Waals surface area (Å²) in [7, 11) is 0. The van der Waals surface area contributed by atoms with E-state index in [1.54, 1.807) is 16.2 Å². The SMILES string of the molecule is CCN(CC)CCN(C(=O)C1=COCCO1)c1nc2c(C)cc(C)cc2s1. The minimum atomic E-state index is -0.199. The third-order valence-corrected chi connectivity index (χ3v) is 5.71. The Morgan fingerprint density at radius 3 is 2.63 bits per heavy atom. The van der Waals surface area contributed by atoms with E-state index in [1.165, 1.54) is 11.8 Å². The molecule has 1 aromatic heterocycles. The van der Waals surface area contributed by atoms with Crippen LogP contribution in [0.5, 0.6) is 0 Å². The molecule has 0 unspecified atom stereocenters. The molecule has 0 saturated carbocycles. The molecule has 1 aliphatic rings. The monoisotopic (exact) mass is 389 g/mol. The molecule has 0 spiro atoms. The van der Waals surface area contributed by atoms with E-state index in [0.717, 1.165) is 35.4 Å². The maximum Gasteiger partial charge on any atom is 0.298 e. The Labute approximate surface area is 164 Å². The number of carbonyl (C=O) groups excluding carboxylic acids is 1. The molecular weight excluding hydrogens is 362 g/mol. The van der Waals surface area contributed by atoms with E-state index in [2.05, 4.69) is 44.7 Å². The summed E-state index contributed by atoms with van der Waals surface area (Å²) in [6, 6.07) is 4.24. The second kappa shape index (κ2) is 8.71. The fraction of sp³-hybridized carbons (Fsp3) is 0.500. The third kappa shape index (κ3) is 4.42. The third-order valence-electron chi connectivity index (χ3n) is 4.69. The molecule has 0 atom stereocenters. The summed E-state index contributed by atoms with van der Waals surface area (Å²) in [6.45, 7) is 12.5. The molecule has 0 fully saturated rings. The van der Waals surface area contributed by atoms with E-state index in [9.17, 15) is 4.79 Å². The standard InChI is InChI=1S/C20H27N3O3S/c1-5-22(6-2)7-8-23(19(24)16-13-25-9-10-26-16)20-21-18-15(4)11-14(3)12-17(18)27-20/h11-13H,5-10H2,1-4H3. The number of anilines is 1. The van der Waals surface area contributed by atoms with E-state index in [-0.39, 0.29) is 11.7 Å². The zero-order valence-electron chi connectivity index (χ0n) is 16.4. The van der Waals surface area contributed by atoms with Gasteiger partial charge in [-0.2, -0.15) is 0 Å². The van der Waals surface area contributed by atoms with Gasteiger partial charge in [0.15, 0.2) is 5.13 Å². The maximum absolute atomic E-state index is 13.1. The predicted molar refractivity (Wildman–Crippen MR) is 109 cm³/mol. The van der Waals surface area contributed by atoms with E-state index in [4.69, 9.17) is 14.5 Å². The highest BCUT2D eigenvalue weighted by atomic mass is 32.1. The van der Waals surface area contributed by atoms with Crippen molar-refractivity contribution in [2.24, 2.45) is 0 Å². The first kappa shape index (κ1) is 19.6. The molecule has 2 heterocycles. The van der Waals surface area contributed by atoms with Gasteiger partial charge >= 0.3 is 0 Å². The lowest BCUT2D eigenvalue weighted by atomic mass is 10.1. The fourth-order valence-corrected chi connectivity index (χ4v) is 4.32. The Balaban J connectivity index is 1.94. The van der Waals surface area contributed by atoms with Crippen LogP contribution in [0.1, 0.15) is 25.0 Å². The van der Waals surface area contributed by atoms with Crippen molar-refractivity contribution in [3.8, 4) is 0 Å². The number of fused-ring (bicyclic) bond motifs is 1. The van der Waals surface area contributed by atoms with Crippen LogP contribution in [0.4, 0.5) is 5.13 Å². The van der Waals surface area contributed by atoms with E-state index in [1.807, 2.05) is 0 Å². The number of amides is 1. The average Bonchev–Trinajstić information content (AvgIpc) is 3.09. The van der Waals surface area contributed by atoms with Gasteiger partial charge in [-0.1, -0.05) is 31.3 Å². The quantitative estimate of drug-likeness (QED) is 0.726. The fourth-order valence-electron chi connectivity index (χ4n) is 3.15. The number of benzene rings is 1. The van der Waals surface area contributed by atoms with Crippen LogP contribution in [0.2, 0.25) is 0 Å². The van der Waals surface area contributed by atoms with E-state index in [0.29, 0.717) is 24.9 Å². The van der Waals surface area contributed by atoms with Crippen LogP contribution in [0, 0.1) is 13.8 Å². The summed E-state index contributed by atoms with van der Waals surface area (Å²) in [5.74, 6) is 0.0447. The van der Waals surface area contributed by atoms with Gasteiger partial charge in [-0.25, -0.2) is 4.98 Å². The topological polar surface area (TPSA) is 54.9 Å². The van der Waals surface area contributed by atoms with Crippen molar-refractivity contribution in [1.29, 1.82) is 0 Å². The molecule has 146 valence electrons. The summed E-state index contributed by atoms with van der Waals surface area (Å²) in [6.07, 6.45) is 1.42. The van der Waals surface area contributed by atoms with Crippen LogP contribution < -0.4 is 4.90 Å². The number of rotatable bonds is 7. The Morgan fingerprint density at radius 2 is 1.96 bits per heavy atom. The zero-order chi connectivity index (χ0) is 19.4. The van der Waals surface area contributed by atoms with Gasteiger partial charge in [0.1, 0.15) is 19.5 Å². The van der Waals surface area contributed by atoms with Crippen LogP contribution in [-0.4, -0.2) is 55.2 Å². The van der Waals surface area contributed by atoms with Crippen molar-refractivity contribution in [2.75, 3.05) is 44.3 Å². The average molecular weight is 390 g/mol. The molecule has 0 aliphatic carbocycles. The second-order valence-electron chi connectivity index (χ2n) is 6.61. The summed E-state index contributed by atoms with van der Waals surface area (Å²) in [5.41, 5.74) is 3.28. The van der Waals surface area contributed by atoms with Crippen molar-refractivity contribution in [2.45, 2.75) is 27.7 Å². The molecule has 2 aromatic rings. The Morgan fingerprint density at radius 1 is 1.19 bits per heavy atom. The number of aryl methyl sites for hydroxylation is 2. The molecule has 0 saturated heterocycles. The van der Waals surface area contributed by atoms with Gasteiger partial charge in [0.05, 0.1) is 10.2 Å². The van der Waals surface area contributed by atoms with Crippen LogP contribution >= 0.6 is 11.3 Å². The van der Waals surface area contributed by atoms with Crippen LogP contribution in [0.15, 0.2) is 24.2 Å². The van der Waals surface area contributed by atoms with Crippen molar-refractivity contribution in [3.05, 3.63) is 35.3 Å². The number of aromatic nitrogens is 1. The minimum Gasteiger partial charge on any atom is -0.494 e. The summed E-state index contributed by atoms with van der Waals surface area (Å²) >= 11 is 1.54. The van der Waals surface area contributed by atoms with Gasteiger partial charge in [-0.05, 0) is 44.1 Å². The molecule has 0 N–H and O–H groups in total. The van der Waals surface area contributed by atoms with Gasteiger partial charge < -0.3 is 14.4 Å². The Bertz CT molecular complexity index is 842.